The van der Waals surface area contributed by atoms with Crippen molar-refractivity contribution in [1.82, 2.24) is 4.98 Å². The fourth-order valence-electron chi connectivity index (χ4n) is 0.465. The van der Waals surface area contributed by atoms with Gasteiger partial charge in [0, 0.05) is 5.38 Å². The topological polar surface area (TPSA) is 30.0 Å². The quantitative estimate of drug-likeness (QED) is 0.562. The van der Waals surface area contributed by atoms with Gasteiger partial charge >= 0.3 is 0 Å². The summed E-state index contributed by atoms with van der Waals surface area (Å²) in [5.74, 6) is 0. The molecule has 1 aromatic heterocycles. The molecule has 0 aromatic carbocycles. The summed E-state index contributed by atoms with van der Waals surface area (Å²) in [7, 11) is 0. The van der Waals surface area contributed by atoms with Crippen molar-refractivity contribution in [2.75, 3.05) is 0 Å². The lowest BCUT2D eigenvalue weighted by Gasteiger charge is -1.75. The molecular weight excluding hydrogens is 214 g/mol. The first-order chi connectivity index (χ1) is 4.83. The van der Waals surface area contributed by atoms with Gasteiger partial charge in [-0.3, -0.25) is 4.79 Å². The first-order valence-electron chi connectivity index (χ1n) is 2.56. The second-order valence-electron chi connectivity index (χ2n) is 1.50. The highest BCUT2D eigenvalue weighted by Gasteiger charge is 1.91. The van der Waals surface area contributed by atoms with E-state index in [-0.39, 0.29) is 0 Å². The van der Waals surface area contributed by atoms with E-state index in [9.17, 15) is 4.79 Å². The molecule has 52 valence electrons. The summed E-state index contributed by atoms with van der Waals surface area (Å²) in [6.45, 7) is 0. The number of thiazole rings is 1. The average molecular weight is 218 g/mol. The molecule has 1 heterocycles. The Morgan fingerprint density at radius 2 is 2.50 bits per heavy atom. The predicted octanol–water partition coefficient (Wildman–Crippen LogP) is 2.12. The number of aldehydes is 1. The molecule has 0 amide bonds. The van der Waals surface area contributed by atoms with Crippen molar-refractivity contribution in [1.29, 1.82) is 0 Å². The molecule has 0 spiro atoms. The maximum Gasteiger partial charge on any atom is 0.142 e. The summed E-state index contributed by atoms with van der Waals surface area (Å²) in [4.78, 5) is 13.9. The lowest BCUT2D eigenvalue weighted by atomic mass is 10.5. The fraction of sp³-hybridized carbons (Fsp3) is 0. The largest absolute Gasteiger partial charge is 0.299 e. The van der Waals surface area contributed by atoms with Crippen molar-refractivity contribution in [3.05, 3.63) is 21.1 Å². The Balaban J connectivity index is 2.75. The first-order valence-corrected chi connectivity index (χ1v) is 4.23. The highest BCUT2D eigenvalue weighted by molar-refractivity contribution is 9.10. The van der Waals surface area contributed by atoms with Crippen LogP contribution in [0.1, 0.15) is 5.01 Å². The van der Waals surface area contributed by atoms with Crippen LogP contribution in [0, 0.1) is 0 Å². The minimum Gasteiger partial charge on any atom is -0.299 e. The second kappa shape index (κ2) is 3.63. The van der Waals surface area contributed by atoms with Gasteiger partial charge in [0.25, 0.3) is 0 Å². The van der Waals surface area contributed by atoms with E-state index in [2.05, 4.69) is 20.9 Å². The monoisotopic (exact) mass is 217 g/mol. The maximum absolute atomic E-state index is 9.86. The Morgan fingerprint density at radius 1 is 1.70 bits per heavy atom. The van der Waals surface area contributed by atoms with Gasteiger partial charge in [0.1, 0.15) is 15.9 Å². The van der Waals surface area contributed by atoms with Crippen molar-refractivity contribution >= 4 is 39.6 Å². The fourth-order valence-corrected chi connectivity index (χ4v) is 1.63. The molecule has 0 N–H and O–H groups in total. The van der Waals surface area contributed by atoms with E-state index in [1.807, 2.05) is 5.38 Å². The number of nitrogens with zero attached hydrogens (tertiary/aromatic N) is 1. The van der Waals surface area contributed by atoms with Gasteiger partial charge in [-0.05, 0) is 28.1 Å². The molecule has 10 heavy (non-hydrogen) atoms. The summed E-state index contributed by atoms with van der Waals surface area (Å²) >= 11 is 4.69. The first kappa shape index (κ1) is 7.63. The van der Waals surface area contributed by atoms with Crippen LogP contribution >= 0.6 is 27.3 Å². The normalized spacial score (nSPS) is 10.5. The minimum absolute atomic E-state index is 0.731. The van der Waals surface area contributed by atoms with Gasteiger partial charge in [0.15, 0.2) is 0 Å². The van der Waals surface area contributed by atoms with Crippen LogP contribution in [-0.2, 0) is 4.79 Å². The molecule has 0 aliphatic rings. The zero-order valence-corrected chi connectivity index (χ0v) is 7.35. The number of halogens is 1. The predicted molar refractivity (Wildman–Crippen MR) is 44.9 cm³/mol. The van der Waals surface area contributed by atoms with E-state index in [0.717, 1.165) is 15.9 Å². The standard InChI is InChI=1S/C6H4BrNOS/c7-5-4-10-6(8-5)2-1-3-9/h1-4H. The van der Waals surface area contributed by atoms with Gasteiger partial charge in [-0.25, -0.2) is 4.98 Å². The molecule has 0 bridgehead atoms. The lowest BCUT2D eigenvalue weighted by molar-refractivity contribution is -0.104. The van der Waals surface area contributed by atoms with E-state index in [4.69, 9.17) is 0 Å². The van der Waals surface area contributed by atoms with Crippen molar-refractivity contribution in [3.63, 3.8) is 0 Å². The summed E-state index contributed by atoms with van der Waals surface area (Å²) in [6.07, 6.45) is 3.82. The van der Waals surface area contributed by atoms with E-state index in [0.29, 0.717) is 0 Å². The van der Waals surface area contributed by atoms with E-state index < -0.39 is 0 Å². The third-order valence-corrected chi connectivity index (χ3v) is 2.33. The highest BCUT2D eigenvalue weighted by atomic mass is 79.9. The molecule has 0 unspecified atom stereocenters. The van der Waals surface area contributed by atoms with Crippen molar-refractivity contribution in [2.45, 2.75) is 0 Å². The zero-order chi connectivity index (χ0) is 7.40. The van der Waals surface area contributed by atoms with Crippen LogP contribution in [0.5, 0.6) is 0 Å². The molecule has 0 fully saturated rings. The van der Waals surface area contributed by atoms with Crippen LogP contribution in [0.4, 0.5) is 0 Å². The third kappa shape index (κ3) is 2.04. The zero-order valence-electron chi connectivity index (χ0n) is 4.95. The number of rotatable bonds is 2. The smallest absolute Gasteiger partial charge is 0.142 e. The van der Waals surface area contributed by atoms with E-state index >= 15 is 0 Å². The van der Waals surface area contributed by atoms with Crippen molar-refractivity contribution in [2.24, 2.45) is 0 Å². The molecule has 0 atom stereocenters. The number of carbonyl (C=O) groups excluding carboxylic acids is 1. The molecule has 0 aliphatic carbocycles. The molecule has 4 heteroatoms. The van der Waals surface area contributed by atoms with Gasteiger partial charge in [-0.2, -0.15) is 0 Å². The summed E-state index contributed by atoms with van der Waals surface area (Å²) < 4.78 is 0.808. The Morgan fingerprint density at radius 3 is 3.00 bits per heavy atom. The number of aromatic nitrogens is 1. The summed E-state index contributed by atoms with van der Waals surface area (Å²) in [5.41, 5.74) is 0. The molecule has 0 saturated heterocycles. The molecule has 0 saturated carbocycles. The molecule has 1 aromatic rings. The summed E-state index contributed by atoms with van der Waals surface area (Å²) in [5, 5.41) is 2.70. The van der Waals surface area contributed by atoms with Gasteiger partial charge in [0.05, 0.1) is 0 Å². The lowest BCUT2D eigenvalue weighted by Crippen LogP contribution is -1.66. The second-order valence-corrected chi connectivity index (χ2v) is 3.21. The van der Waals surface area contributed by atoms with Gasteiger partial charge in [-0.1, -0.05) is 0 Å². The molecular formula is C6H4BrNOS. The maximum atomic E-state index is 9.86. The average Bonchev–Trinajstić information content (AvgIpc) is 2.31. The molecule has 0 aliphatic heterocycles. The Kier molecular flexibility index (Phi) is 2.77. The van der Waals surface area contributed by atoms with Crippen LogP contribution < -0.4 is 0 Å². The van der Waals surface area contributed by atoms with Crippen LogP contribution in [0.25, 0.3) is 6.08 Å². The number of carbonyl (C=O) groups is 1. The Labute approximate surface area is 70.7 Å². The van der Waals surface area contributed by atoms with Crippen LogP contribution in [0.15, 0.2) is 16.1 Å². The minimum atomic E-state index is 0.731. The van der Waals surface area contributed by atoms with E-state index in [1.165, 1.54) is 17.4 Å². The number of hydrogen-bond donors (Lipinski definition) is 0. The third-order valence-electron chi connectivity index (χ3n) is 0.811. The molecule has 2 nitrogen and oxygen atoms in total. The van der Waals surface area contributed by atoms with Crippen LogP contribution in [0.2, 0.25) is 0 Å². The summed E-state index contributed by atoms with van der Waals surface area (Å²) in [6, 6.07) is 0. The van der Waals surface area contributed by atoms with Crippen molar-refractivity contribution in [3.8, 4) is 0 Å². The number of allylic oxidation sites excluding steroid dienone is 1. The SMILES string of the molecule is O=CC=Cc1nc(Br)cs1. The number of hydrogen-bond acceptors (Lipinski definition) is 3. The highest BCUT2D eigenvalue weighted by Crippen LogP contribution is 2.15. The molecule has 1 rings (SSSR count). The van der Waals surface area contributed by atoms with Crippen molar-refractivity contribution < 1.29 is 4.79 Å². The van der Waals surface area contributed by atoms with Gasteiger partial charge < -0.3 is 0 Å². The van der Waals surface area contributed by atoms with Gasteiger partial charge in [-0.15, -0.1) is 11.3 Å². The Bertz CT molecular complexity index is 256. The van der Waals surface area contributed by atoms with Crippen LogP contribution in [-0.4, -0.2) is 11.3 Å². The van der Waals surface area contributed by atoms with Gasteiger partial charge in [0.2, 0.25) is 0 Å². The molecule has 0 radical (unpaired) electrons. The Hall–Kier alpha value is -0.480. The van der Waals surface area contributed by atoms with E-state index in [1.54, 1.807) is 6.08 Å². The van der Waals surface area contributed by atoms with Crippen LogP contribution in [0.3, 0.4) is 0 Å².